The number of nitrogens with zero attached hydrogens (tertiary/aromatic N) is 5. The van der Waals surface area contributed by atoms with Crippen LogP contribution in [0.15, 0.2) is 52.7 Å². The van der Waals surface area contributed by atoms with Crippen LogP contribution in [0.2, 0.25) is 0 Å². The Morgan fingerprint density at radius 2 is 1.79 bits per heavy atom. The second-order valence-electron chi connectivity index (χ2n) is 7.55. The second-order valence-corrected chi connectivity index (χ2v) is 7.55. The average molecular weight is 402 g/mol. The molecule has 0 heterocycles. The minimum atomic E-state index is -0.459. The van der Waals surface area contributed by atoms with Crippen LogP contribution in [-0.2, 0) is 0 Å². The summed E-state index contributed by atoms with van der Waals surface area (Å²) in [5, 5.41) is 28.5. The molecule has 0 atom stereocenters. The predicted octanol–water partition coefficient (Wildman–Crippen LogP) is 3.52. The number of hydrogen-bond acceptors (Lipinski definition) is 7. The van der Waals surface area contributed by atoms with Crippen molar-refractivity contribution in [3.8, 4) is 5.75 Å². The minimum absolute atomic E-state index is 0.00346. The van der Waals surface area contributed by atoms with Crippen molar-refractivity contribution in [1.29, 1.82) is 0 Å². The van der Waals surface area contributed by atoms with E-state index in [2.05, 4.69) is 36.3 Å². The third-order valence-electron chi connectivity index (χ3n) is 4.27. The largest absolute Gasteiger partial charge is 0.494 e. The number of nitro groups is 1. The second kappa shape index (κ2) is 9.94. The maximum Gasteiger partial charge on any atom is 0.269 e. The number of ether oxygens (including phenoxy) is 1. The highest BCUT2D eigenvalue weighted by Crippen LogP contribution is 2.33. The summed E-state index contributed by atoms with van der Waals surface area (Å²) in [5.41, 5.74) is 1.99. The van der Waals surface area contributed by atoms with E-state index in [-0.39, 0.29) is 12.3 Å². The molecule has 0 saturated heterocycles. The van der Waals surface area contributed by atoms with Crippen LogP contribution in [-0.4, -0.2) is 69.0 Å². The van der Waals surface area contributed by atoms with E-state index in [9.17, 15) is 15.2 Å². The number of quaternary nitrogens is 1. The molecule has 0 aliphatic heterocycles. The summed E-state index contributed by atoms with van der Waals surface area (Å²) in [6.45, 7) is 2.29. The Labute approximate surface area is 170 Å². The highest BCUT2D eigenvalue weighted by molar-refractivity contribution is 5.62. The van der Waals surface area contributed by atoms with E-state index in [1.807, 2.05) is 12.1 Å². The summed E-state index contributed by atoms with van der Waals surface area (Å²) in [4.78, 5) is 12.4. The molecular weight excluding hydrogens is 374 g/mol. The van der Waals surface area contributed by atoms with Gasteiger partial charge in [-0.25, -0.2) is 0 Å². The van der Waals surface area contributed by atoms with Crippen molar-refractivity contribution in [2.24, 2.45) is 10.2 Å². The molecule has 1 N–H and O–H groups in total. The number of azo groups is 1. The van der Waals surface area contributed by atoms with E-state index in [1.165, 1.54) is 24.3 Å². The lowest BCUT2D eigenvalue weighted by Crippen LogP contribution is -2.42. The molecule has 9 heteroatoms. The van der Waals surface area contributed by atoms with E-state index < -0.39 is 4.92 Å². The zero-order chi connectivity index (χ0) is 21.4. The van der Waals surface area contributed by atoms with Gasteiger partial charge in [0.2, 0.25) is 0 Å². The van der Waals surface area contributed by atoms with E-state index in [4.69, 9.17) is 4.74 Å². The molecule has 0 unspecified atom stereocenters. The van der Waals surface area contributed by atoms with Gasteiger partial charge in [-0.2, -0.15) is 5.11 Å². The van der Waals surface area contributed by atoms with Crippen LogP contribution in [0.1, 0.15) is 0 Å². The summed E-state index contributed by atoms with van der Waals surface area (Å²) in [5.74, 6) is 0.557. The first-order chi connectivity index (χ1) is 13.7. The van der Waals surface area contributed by atoms with Gasteiger partial charge >= 0.3 is 0 Å². The molecule has 0 saturated carbocycles. The number of benzene rings is 2. The molecule has 0 aliphatic carbocycles. The summed E-state index contributed by atoms with van der Waals surface area (Å²) in [6.07, 6.45) is 0. The quantitative estimate of drug-likeness (QED) is 0.284. The van der Waals surface area contributed by atoms with Crippen LogP contribution in [0.4, 0.5) is 22.7 Å². The van der Waals surface area contributed by atoms with Gasteiger partial charge in [0.05, 0.1) is 58.6 Å². The van der Waals surface area contributed by atoms with Crippen LogP contribution in [0.5, 0.6) is 5.75 Å². The zero-order valence-corrected chi connectivity index (χ0v) is 17.3. The molecule has 0 radical (unpaired) electrons. The fraction of sp³-hybridized carbons (Fsp3) is 0.400. The first-order valence-electron chi connectivity index (χ1n) is 9.24. The van der Waals surface area contributed by atoms with Gasteiger partial charge in [-0.3, -0.25) is 10.1 Å². The number of hydrogen-bond donors (Lipinski definition) is 1. The molecule has 156 valence electrons. The van der Waals surface area contributed by atoms with Gasteiger partial charge < -0.3 is 19.2 Å². The van der Waals surface area contributed by atoms with Crippen LogP contribution < -0.4 is 9.64 Å². The fourth-order valence-electron chi connectivity index (χ4n) is 2.61. The number of non-ortho nitro benzene ring substituents is 1. The maximum atomic E-state index is 10.7. The molecule has 0 fully saturated rings. The van der Waals surface area contributed by atoms with Crippen molar-refractivity contribution in [1.82, 2.24) is 0 Å². The van der Waals surface area contributed by atoms with Crippen LogP contribution in [0.25, 0.3) is 0 Å². The van der Waals surface area contributed by atoms with Gasteiger partial charge in [0.15, 0.2) is 0 Å². The summed E-state index contributed by atoms with van der Waals surface area (Å²) in [7, 11) is 7.94. The van der Waals surface area contributed by atoms with Crippen LogP contribution >= 0.6 is 0 Å². The smallest absolute Gasteiger partial charge is 0.269 e. The van der Waals surface area contributed by atoms with Crippen molar-refractivity contribution in [3.63, 3.8) is 0 Å². The van der Waals surface area contributed by atoms with Gasteiger partial charge in [-0.05, 0) is 24.3 Å². The van der Waals surface area contributed by atoms with Gasteiger partial charge in [0, 0.05) is 30.4 Å². The van der Waals surface area contributed by atoms with Gasteiger partial charge in [-0.1, -0.05) is 0 Å². The Morgan fingerprint density at radius 1 is 1.10 bits per heavy atom. The maximum absolute atomic E-state index is 10.7. The lowest BCUT2D eigenvalue weighted by molar-refractivity contribution is -0.868. The fourth-order valence-corrected chi connectivity index (χ4v) is 2.61. The first-order valence-corrected chi connectivity index (χ1v) is 9.24. The molecule has 0 aliphatic rings. The SMILES string of the molecule is COc1cc(N(CCO)CC[N+](C)(C)C)ccc1N=Nc1ccc([N+](=O)[O-])cc1. The van der Waals surface area contributed by atoms with Crippen LogP contribution in [0.3, 0.4) is 0 Å². The molecule has 2 rings (SSSR count). The third kappa shape index (κ3) is 6.81. The summed E-state index contributed by atoms with van der Waals surface area (Å²) >= 11 is 0. The van der Waals surface area contributed by atoms with E-state index in [1.54, 1.807) is 13.2 Å². The van der Waals surface area contributed by atoms with Crippen LogP contribution in [0, 0.1) is 10.1 Å². The normalized spacial score (nSPS) is 11.6. The molecule has 2 aromatic rings. The molecule has 0 bridgehead atoms. The van der Waals surface area contributed by atoms with Gasteiger partial charge in [0.1, 0.15) is 11.4 Å². The van der Waals surface area contributed by atoms with Gasteiger partial charge in [-0.15, -0.1) is 5.11 Å². The minimum Gasteiger partial charge on any atom is -0.494 e. The number of rotatable bonds is 10. The van der Waals surface area contributed by atoms with Gasteiger partial charge in [0.25, 0.3) is 5.69 Å². The van der Waals surface area contributed by atoms with Crippen molar-refractivity contribution in [2.75, 3.05) is 59.4 Å². The van der Waals surface area contributed by atoms with Crippen molar-refractivity contribution >= 4 is 22.7 Å². The molecule has 29 heavy (non-hydrogen) atoms. The molecule has 0 amide bonds. The van der Waals surface area contributed by atoms with E-state index >= 15 is 0 Å². The predicted molar refractivity (Wildman–Crippen MR) is 112 cm³/mol. The number of nitro benzene ring substituents is 1. The van der Waals surface area contributed by atoms with Crippen molar-refractivity contribution in [3.05, 3.63) is 52.6 Å². The zero-order valence-electron chi connectivity index (χ0n) is 17.3. The number of anilines is 1. The molecule has 0 spiro atoms. The lowest BCUT2D eigenvalue weighted by atomic mass is 10.2. The number of methoxy groups -OCH3 is 1. The third-order valence-corrected chi connectivity index (χ3v) is 4.27. The molecular formula is C20H28N5O4+. The van der Waals surface area contributed by atoms with E-state index in [0.717, 1.165) is 23.3 Å². The Kier molecular flexibility index (Phi) is 7.63. The number of aliphatic hydroxyl groups is 1. The highest BCUT2D eigenvalue weighted by atomic mass is 16.6. The monoisotopic (exact) mass is 402 g/mol. The Hall–Kier alpha value is -3.04. The highest BCUT2D eigenvalue weighted by Gasteiger charge is 2.14. The summed E-state index contributed by atoms with van der Waals surface area (Å²) in [6, 6.07) is 11.4. The number of aliphatic hydroxyl groups excluding tert-OH is 1. The topological polar surface area (TPSA) is 101 Å². The van der Waals surface area contributed by atoms with E-state index in [0.29, 0.717) is 23.7 Å². The molecule has 9 nitrogen and oxygen atoms in total. The number of likely N-dealkylation sites (N-methyl/N-ethyl adjacent to an activating group) is 1. The Balaban J connectivity index is 2.20. The lowest BCUT2D eigenvalue weighted by Gasteiger charge is -2.30. The first kappa shape index (κ1) is 22.3. The average Bonchev–Trinajstić information content (AvgIpc) is 2.69. The Bertz CT molecular complexity index is 847. The van der Waals surface area contributed by atoms with Crippen molar-refractivity contribution < 1.29 is 19.2 Å². The molecule has 2 aromatic carbocycles. The summed E-state index contributed by atoms with van der Waals surface area (Å²) < 4.78 is 6.28. The Morgan fingerprint density at radius 3 is 2.34 bits per heavy atom. The standard InChI is InChI=1S/C20H28N5O4/c1-25(2,3)13-11-23(12-14-26)18-9-10-19(20(15-18)29-4)22-21-16-5-7-17(8-6-16)24(27)28/h5-10,15,26H,11-14H2,1-4H3/q+1. The van der Waals surface area contributed by atoms with Crippen molar-refractivity contribution in [2.45, 2.75) is 0 Å². The molecule has 0 aromatic heterocycles.